The van der Waals surface area contributed by atoms with Gasteiger partial charge in [0.1, 0.15) is 0 Å². The van der Waals surface area contributed by atoms with Gasteiger partial charge in [0.2, 0.25) is 6.41 Å². The lowest BCUT2D eigenvalue weighted by molar-refractivity contribution is -0.109. The smallest absolute Gasteiger partial charge is 0.206 e. The Bertz CT molecular complexity index is 188. The summed E-state index contributed by atoms with van der Waals surface area (Å²) < 4.78 is 5.29. The van der Waals surface area contributed by atoms with E-state index in [4.69, 9.17) is 9.53 Å². The van der Waals surface area contributed by atoms with Crippen molar-refractivity contribution in [1.82, 2.24) is 10.2 Å². The summed E-state index contributed by atoms with van der Waals surface area (Å²) >= 11 is 0. The minimum Gasteiger partial charge on any atom is -0.379 e. The van der Waals surface area contributed by atoms with Crippen LogP contribution in [0.5, 0.6) is 0 Å². The Morgan fingerprint density at radius 1 is 1.15 bits per heavy atom. The van der Waals surface area contributed by atoms with Gasteiger partial charge in [0.05, 0.1) is 13.2 Å². The zero-order valence-corrected chi connectivity index (χ0v) is 14.4. The maximum atomic E-state index is 9.06. The van der Waals surface area contributed by atoms with Crippen molar-refractivity contribution >= 4 is 6.41 Å². The molecule has 0 aromatic heterocycles. The highest BCUT2D eigenvalue weighted by atomic mass is 16.5. The number of amides is 1. The van der Waals surface area contributed by atoms with Crippen LogP contribution in [-0.4, -0.2) is 51.2 Å². The Labute approximate surface area is 126 Å². The van der Waals surface area contributed by atoms with Gasteiger partial charge in [0.25, 0.3) is 0 Å². The van der Waals surface area contributed by atoms with E-state index in [0.717, 1.165) is 38.1 Å². The fourth-order valence-electron chi connectivity index (χ4n) is 1.55. The SMILES string of the molecule is CC(C)C.CC(C)CCCN1CCOCC1.CNC=O. The third-order valence-corrected chi connectivity index (χ3v) is 2.48. The van der Waals surface area contributed by atoms with Crippen LogP contribution in [-0.2, 0) is 9.53 Å². The van der Waals surface area contributed by atoms with E-state index >= 15 is 0 Å². The summed E-state index contributed by atoms with van der Waals surface area (Å²) in [6, 6.07) is 0. The van der Waals surface area contributed by atoms with Gasteiger partial charge in [-0.05, 0) is 31.2 Å². The average Bonchev–Trinajstić information content (AvgIpc) is 2.39. The second kappa shape index (κ2) is 16.4. The van der Waals surface area contributed by atoms with Gasteiger partial charge in [-0.25, -0.2) is 0 Å². The molecule has 1 amide bonds. The third kappa shape index (κ3) is 22.6. The molecule has 1 aliphatic heterocycles. The lowest BCUT2D eigenvalue weighted by atomic mass is 10.1. The fourth-order valence-corrected chi connectivity index (χ4v) is 1.55. The molecule has 0 spiro atoms. The largest absolute Gasteiger partial charge is 0.379 e. The maximum Gasteiger partial charge on any atom is 0.206 e. The lowest BCUT2D eigenvalue weighted by Crippen LogP contribution is -2.36. The first-order valence-electron chi connectivity index (χ1n) is 7.85. The molecule has 0 atom stereocenters. The predicted molar refractivity (Wildman–Crippen MR) is 87.0 cm³/mol. The number of carbonyl (C=O) groups excluding carboxylic acids is 1. The fraction of sp³-hybridized carbons (Fsp3) is 0.938. The second-order valence-corrected chi connectivity index (χ2v) is 6.13. The Kier molecular flexibility index (Phi) is 17.8. The van der Waals surface area contributed by atoms with E-state index in [2.05, 4.69) is 44.8 Å². The molecule has 122 valence electrons. The van der Waals surface area contributed by atoms with E-state index in [-0.39, 0.29) is 0 Å². The second-order valence-electron chi connectivity index (χ2n) is 6.13. The summed E-state index contributed by atoms with van der Waals surface area (Å²) in [6.07, 6.45) is 3.33. The van der Waals surface area contributed by atoms with E-state index in [9.17, 15) is 0 Å². The molecule has 1 fully saturated rings. The van der Waals surface area contributed by atoms with Crippen LogP contribution >= 0.6 is 0 Å². The zero-order valence-electron chi connectivity index (χ0n) is 14.4. The molecule has 0 saturated carbocycles. The molecule has 1 heterocycles. The molecule has 20 heavy (non-hydrogen) atoms. The van der Waals surface area contributed by atoms with Crippen LogP contribution in [0.2, 0.25) is 0 Å². The standard InChI is InChI=1S/C10H21NO.C4H10.C2H5NO/c1-10(2)4-3-5-11-6-8-12-9-7-11;1-4(2)3;1-3-2-4/h10H,3-9H2,1-2H3;4H,1-3H3;2H,1H3,(H,3,4). The number of ether oxygens (including phenoxy) is 1. The summed E-state index contributed by atoms with van der Waals surface area (Å²) in [6.45, 7) is 16.5. The van der Waals surface area contributed by atoms with E-state index in [1.807, 2.05) is 0 Å². The monoisotopic (exact) mass is 288 g/mol. The highest BCUT2D eigenvalue weighted by Crippen LogP contribution is 2.05. The molecule has 0 aliphatic carbocycles. The quantitative estimate of drug-likeness (QED) is 0.791. The first-order chi connectivity index (χ1) is 9.43. The molecule has 1 saturated heterocycles. The van der Waals surface area contributed by atoms with Crippen molar-refractivity contribution in [2.45, 2.75) is 47.5 Å². The minimum atomic E-state index is 0.625. The highest BCUT2D eigenvalue weighted by Gasteiger charge is 2.09. The Morgan fingerprint density at radius 2 is 1.60 bits per heavy atom. The lowest BCUT2D eigenvalue weighted by Gasteiger charge is -2.26. The number of nitrogens with zero attached hydrogens (tertiary/aromatic N) is 1. The maximum absolute atomic E-state index is 9.06. The van der Waals surface area contributed by atoms with Gasteiger partial charge in [-0.2, -0.15) is 0 Å². The number of morpholine rings is 1. The van der Waals surface area contributed by atoms with Crippen LogP contribution in [0.15, 0.2) is 0 Å². The number of carbonyl (C=O) groups is 1. The van der Waals surface area contributed by atoms with Crippen molar-refractivity contribution in [1.29, 1.82) is 0 Å². The van der Waals surface area contributed by atoms with Crippen molar-refractivity contribution in [2.75, 3.05) is 39.9 Å². The number of nitrogens with one attached hydrogen (secondary N) is 1. The first-order valence-corrected chi connectivity index (χ1v) is 7.85. The van der Waals surface area contributed by atoms with Gasteiger partial charge in [-0.15, -0.1) is 0 Å². The van der Waals surface area contributed by atoms with Crippen LogP contribution in [0.1, 0.15) is 47.5 Å². The average molecular weight is 288 g/mol. The molecule has 1 rings (SSSR count). The Hall–Kier alpha value is -0.610. The number of hydrogen-bond acceptors (Lipinski definition) is 3. The van der Waals surface area contributed by atoms with Gasteiger partial charge < -0.3 is 10.1 Å². The van der Waals surface area contributed by atoms with Gasteiger partial charge in [0, 0.05) is 20.1 Å². The summed E-state index contributed by atoms with van der Waals surface area (Å²) in [4.78, 5) is 11.6. The van der Waals surface area contributed by atoms with Crippen molar-refractivity contribution in [3.05, 3.63) is 0 Å². The first kappa shape index (κ1) is 21.7. The number of hydrogen-bond donors (Lipinski definition) is 1. The highest BCUT2D eigenvalue weighted by molar-refractivity contribution is 5.44. The van der Waals surface area contributed by atoms with E-state index < -0.39 is 0 Å². The summed E-state index contributed by atoms with van der Waals surface area (Å²) in [5, 5.41) is 2.25. The van der Waals surface area contributed by atoms with E-state index in [0.29, 0.717) is 6.41 Å². The topological polar surface area (TPSA) is 41.6 Å². The predicted octanol–water partition coefficient (Wildman–Crippen LogP) is 2.78. The van der Waals surface area contributed by atoms with Crippen LogP contribution < -0.4 is 5.32 Å². The van der Waals surface area contributed by atoms with E-state index in [1.54, 1.807) is 7.05 Å². The molecular formula is C16H36N2O2. The van der Waals surface area contributed by atoms with Gasteiger partial charge in [-0.3, -0.25) is 9.69 Å². The molecule has 1 N–H and O–H groups in total. The minimum absolute atomic E-state index is 0.625. The van der Waals surface area contributed by atoms with Gasteiger partial charge in [0.15, 0.2) is 0 Å². The van der Waals surface area contributed by atoms with Crippen LogP contribution in [0.3, 0.4) is 0 Å². The zero-order chi connectivity index (χ0) is 15.8. The molecule has 0 radical (unpaired) electrons. The van der Waals surface area contributed by atoms with Crippen LogP contribution in [0.25, 0.3) is 0 Å². The molecule has 0 bridgehead atoms. The molecule has 0 aromatic rings. The van der Waals surface area contributed by atoms with Gasteiger partial charge >= 0.3 is 0 Å². The molecule has 4 heteroatoms. The third-order valence-electron chi connectivity index (χ3n) is 2.48. The van der Waals surface area contributed by atoms with Crippen molar-refractivity contribution in [3.8, 4) is 0 Å². The Balaban J connectivity index is 0. The van der Waals surface area contributed by atoms with Crippen molar-refractivity contribution in [3.63, 3.8) is 0 Å². The summed E-state index contributed by atoms with van der Waals surface area (Å²) in [5.41, 5.74) is 0. The molecule has 4 nitrogen and oxygen atoms in total. The number of rotatable bonds is 5. The van der Waals surface area contributed by atoms with Gasteiger partial charge in [-0.1, -0.05) is 34.6 Å². The molecule has 1 aliphatic rings. The summed E-state index contributed by atoms with van der Waals surface area (Å²) in [5.74, 6) is 1.69. The van der Waals surface area contributed by atoms with Crippen LogP contribution in [0.4, 0.5) is 0 Å². The molecule has 0 unspecified atom stereocenters. The summed E-state index contributed by atoms with van der Waals surface area (Å²) in [7, 11) is 1.56. The van der Waals surface area contributed by atoms with Crippen LogP contribution in [0, 0.1) is 11.8 Å². The van der Waals surface area contributed by atoms with Crippen molar-refractivity contribution in [2.24, 2.45) is 11.8 Å². The van der Waals surface area contributed by atoms with E-state index in [1.165, 1.54) is 19.4 Å². The molecule has 0 aromatic carbocycles. The Morgan fingerprint density at radius 3 is 1.95 bits per heavy atom. The normalized spacial score (nSPS) is 15.0. The van der Waals surface area contributed by atoms with Crippen molar-refractivity contribution < 1.29 is 9.53 Å². The molecular weight excluding hydrogens is 252 g/mol.